The zero-order valence-electron chi connectivity index (χ0n) is 21.6. The summed E-state index contributed by atoms with van der Waals surface area (Å²) < 4.78 is 0. The number of nitrogens with zero attached hydrogens (tertiary/aromatic N) is 1. The number of amides is 1. The molecular formula is C29H28N2O8. The van der Waals surface area contributed by atoms with Gasteiger partial charge >= 0.3 is 0 Å². The number of phenolic OH excluding ortho intramolecular Hbond substituents is 1. The molecule has 0 aromatic heterocycles. The van der Waals surface area contributed by atoms with Crippen LogP contribution in [0.15, 0.2) is 47.2 Å². The number of Topliss-reactive ketones (excluding diaryl/α,β-unsaturated/α-hetero) is 3. The van der Waals surface area contributed by atoms with Gasteiger partial charge in [0.25, 0.3) is 5.91 Å². The summed E-state index contributed by atoms with van der Waals surface area (Å²) in [5.74, 6) is -6.79. The zero-order chi connectivity index (χ0) is 28.5. The van der Waals surface area contributed by atoms with Crippen molar-refractivity contribution >= 4 is 34.7 Å². The first-order valence-electron chi connectivity index (χ1n) is 12.4. The summed E-state index contributed by atoms with van der Waals surface area (Å²) in [5, 5.41) is 45.0. The first-order chi connectivity index (χ1) is 18.3. The minimum absolute atomic E-state index is 0.0129. The van der Waals surface area contributed by atoms with Gasteiger partial charge in [0.2, 0.25) is 5.78 Å². The average Bonchev–Trinajstić information content (AvgIpc) is 2.86. The third-order valence-corrected chi connectivity index (χ3v) is 8.12. The number of aliphatic hydroxyl groups excluding tert-OH is 2. The molecule has 6 N–H and O–H groups in total. The molecule has 10 nitrogen and oxygen atoms in total. The van der Waals surface area contributed by atoms with E-state index in [1.165, 1.54) is 6.92 Å². The van der Waals surface area contributed by atoms with E-state index in [0.717, 1.165) is 0 Å². The van der Waals surface area contributed by atoms with Gasteiger partial charge in [0.1, 0.15) is 22.8 Å². The first-order valence-corrected chi connectivity index (χ1v) is 12.4. The molecule has 10 heteroatoms. The molecule has 0 saturated heterocycles. The summed E-state index contributed by atoms with van der Waals surface area (Å²) in [4.78, 5) is 51.6. The second-order valence-electron chi connectivity index (χ2n) is 10.6. The monoisotopic (exact) mass is 532 g/mol. The van der Waals surface area contributed by atoms with Crippen LogP contribution in [0.4, 0.5) is 5.69 Å². The van der Waals surface area contributed by atoms with Crippen LogP contribution < -0.4 is 10.6 Å². The van der Waals surface area contributed by atoms with Crippen molar-refractivity contribution < 1.29 is 39.6 Å². The van der Waals surface area contributed by atoms with Gasteiger partial charge in [-0.1, -0.05) is 24.3 Å². The Hall–Kier alpha value is -4.44. The number of aromatic hydroxyl groups is 1. The molecule has 1 saturated carbocycles. The van der Waals surface area contributed by atoms with Gasteiger partial charge in [0.15, 0.2) is 17.2 Å². The van der Waals surface area contributed by atoms with Gasteiger partial charge in [0, 0.05) is 48.8 Å². The van der Waals surface area contributed by atoms with Crippen LogP contribution in [0, 0.1) is 11.8 Å². The van der Waals surface area contributed by atoms with Gasteiger partial charge in [-0.15, -0.1) is 0 Å². The maximum absolute atomic E-state index is 13.8. The van der Waals surface area contributed by atoms with Crippen LogP contribution in [0.5, 0.6) is 5.75 Å². The summed E-state index contributed by atoms with van der Waals surface area (Å²) in [7, 11) is 3.59. The van der Waals surface area contributed by atoms with E-state index < -0.39 is 52.0 Å². The van der Waals surface area contributed by atoms with Crippen LogP contribution in [-0.2, 0) is 20.8 Å². The molecule has 2 aromatic carbocycles. The molecule has 0 bridgehead atoms. The van der Waals surface area contributed by atoms with Gasteiger partial charge < -0.3 is 31.1 Å². The van der Waals surface area contributed by atoms with Crippen molar-refractivity contribution in [2.24, 2.45) is 17.6 Å². The predicted octanol–water partition coefficient (Wildman–Crippen LogP) is 2.36. The molecule has 202 valence electrons. The van der Waals surface area contributed by atoms with Crippen molar-refractivity contribution in [3.05, 3.63) is 63.9 Å². The van der Waals surface area contributed by atoms with Crippen molar-refractivity contribution in [1.29, 1.82) is 0 Å². The molecule has 0 radical (unpaired) electrons. The first kappa shape index (κ1) is 26.2. The summed E-state index contributed by atoms with van der Waals surface area (Å²) in [6, 6.07) is 8.33. The van der Waals surface area contributed by atoms with Gasteiger partial charge in [0.05, 0.1) is 5.56 Å². The Morgan fingerprint density at radius 2 is 1.69 bits per heavy atom. The molecule has 5 rings (SSSR count). The Labute approximate surface area is 223 Å². The van der Waals surface area contributed by atoms with E-state index in [4.69, 9.17) is 5.73 Å². The Morgan fingerprint density at radius 1 is 1.05 bits per heavy atom. The highest BCUT2D eigenvalue weighted by atomic mass is 16.3. The number of carbonyl (C=O) groups excluding carboxylic acids is 4. The van der Waals surface area contributed by atoms with Crippen LogP contribution in [0.25, 0.3) is 16.9 Å². The topological polar surface area (TPSA) is 178 Å². The number of fused-ring (bicyclic) bond motifs is 3. The van der Waals surface area contributed by atoms with E-state index >= 15 is 0 Å². The predicted molar refractivity (Wildman–Crippen MR) is 141 cm³/mol. The Balaban J connectivity index is 1.73. The summed E-state index contributed by atoms with van der Waals surface area (Å²) in [6.07, 6.45) is -0.104. The molecule has 1 fully saturated rings. The second-order valence-corrected chi connectivity index (χ2v) is 10.6. The molecule has 2 aromatic rings. The van der Waals surface area contributed by atoms with Gasteiger partial charge in [-0.25, -0.2) is 0 Å². The fourth-order valence-corrected chi connectivity index (χ4v) is 6.17. The molecule has 3 unspecified atom stereocenters. The quantitative estimate of drug-likeness (QED) is 0.292. The van der Waals surface area contributed by atoms with Crippen LogP contribution >= 0.6 is 0 Å². The van der Waals surface area contributed by atoms with E-state index in [2.05, 4.69) is 0 Å². The number of anilines is 1. The average molecular weight is 533 g/mol. The normalized spacial score (nSPS) is 24.2. The molecule has 3 aliphatic carbocycles. The standard InChI is InChI=1S/C29H28N2O8/c1-12(32)13-4-6-14(7-5-13)17-11-19(31(2)3)18-9-15-8-16-10-20(33)23(28(30)38)27(37)29(16,39)26(36)21(15)25(35)22(18)24(17)34/h4-7,11,15-16,34-35,37,39H,8-10H2,1-3H3,(H2,30,38). The summed E-state index contributed by atoms with van der Waals surface area (Å²) in [6.45, 7) is 1.44. The maximum atomic E-state index is 13.8. The third kappa shape index (κ3) is 3.66. The van der Waals surface area contributed by atoms with E-state index in [1.54, 1.807) is 44.4 Å². The van der Waals surface area contributed by atoms with Crippen LogP contribution in [0.3, 0.4) is 0 Å². The number of aliphatic hydroxyl groups is 3. The highest BCUT2D eigenvalue weighted by Gasteiger charge is 2.60. The van der Waals surface area contributed by atoms with Crippen LogP contribution in [-0.4, -0.2) is 63.4 Å². The minimum Gasteiger partial charge on any atom is -0.508 e. The van der Waals surface area contributed by atoms with Gasteiger partial charge in [-0.2, -0.15) is 0 Å². The number of carbonyl (C=O) groups is 4. The lowest BCUT2D eigenvalue weighted by molar-refractivity contribution is -0.147. The second kappa shape index (κ2) is 8.81. The smallest absolute Gasteiger partial charge is 0.255 e. The number of phenols is 1. The molecular weight excluding hydrogens is 504 g/mol. The van der Waals surface area contributed by atoms with Crippen LogP contribution in [0.2, 0.25) is 0 Å². The van der Waals surface area contributed by atoms with E-state index in [0.29, 0.717) is 27.9 Å². The number of benzene rings is 2. The molecule has 0 spiro atoms. The summed E-state index contributed by atoms with van der Waals surface area (Å²) in [5.41, 5.74) is 4.26. The SMILES string of the molecule is CC(=O)c1ccc(-c2cc(N(C)C)c3c(c2O)C(O)=C2C(=O)C4(O)C(O)=C(C(N)=O)C(=O)CC4CC2C3)cc1. The van der Waals surface area contributed by atoms with Crippen LogP contribution in [0.1, 0.15) is 41.3 Å². The fourth-order valence-electron chi connectivity index (χ4n) is 6.17. The Kier molecular flexibility index (Phi) is 5.91. The Bertz CT molecular complexity index is 1550. The van der Waals surface area contributed by atoms with Gasteiger partial charge in [-0.05, 0) is 42.9 Å². The number of primary amides is 1. The maximum Gasteiger partial charge on any atom is 0.255 e. The van der Waals surface area contributed by atoms with Crippen molar-refractivity contribution in [2.45, 2.75) is 31.8 Å². The Morgan fingerprint density at radius 3 is 2.26 bits per heavy atom. The highest BCUT2D eigenvalue weighted by Crippen LogP contribution is 2.54. The lowest BCUT2D eigenvalue weighted by atomic mass is 9.59. The summed E-state index contributed by atoms with van der Waals surface area (Å²) >= 11 is 0. The molecule has 0 aliphatic heterocycles. The van der Waals surface area contributed by atoms with Crippen molar-refractivity contribution in [3.8, 4) is 16.9 Å². The van der Waals surface area contributed by atoms with E-state index in [9.17, 15) is 39.6 Å². The van der Waals surface area contributed by atoms with Crippen molar-refractivity contribution in [1.82, 2.24) is 0 Å². The zero-order valence-corrected chi connectivity index (χ0v) is 21.6. The number of nitrogens with two attached hydrogens (primary N) is 1. The number of ketones is 3. The van der Waals surface area contributed by atoms with Gasteiger partial charge in [-0.3, -0.25) is 19.2 Å². The largest absolute Gasteiger partial charge is 0.508 e. The lowest BCUT2D eigenvalue weighted by Crippen LogP contribution is -2.58. The molecule has 3 atom stereocenters. The molecule has 1 amide bonds. The lowest BCUT2D eigenvalue weighted by Gasteiger charge is -2.46. The number of rotatable bonds is 4. The fraction of sp³-hybridized carbons (Fsp3) is 0.310. The molecule has 3 aliphatic rings. The molecule has 39 heavy (non-hydrogen) atoms. The van der Waals surface area contributed by atoms with Crippen molar-refractivity contribution in [2.75, 3.05) is 19.0 Å². The van der Waals surface area contributed by atoms with Crippen molar-refractivity contribution in [3.63, 3.8) is 0 Å². The number of hydrogen-bond donors (Lipinski definition) is 5. The minimum atomic E-state index is -2.62. The number of hydrogen-bond acceptors (Lipinski definition) is 9. The molecule has 0 heterocycles. The van der Waals surface area contributed by atoms with E-state index in [-0.39, 0.29) is 41.9 Å². The van der Waals surface area contributed by atoms with E-state index in [1.807, 2.05) is 4.90 Å². The highest BCUT2D eigenvalue weighted by molar-refractivity contribution is 6.22. The third-order valence-electron chi connectivity index (χ3n) is 8.12.